The van der Waals surface area contributed by atoms with Crippen LogP contribution in [0.3, 0.4) is 0 Å². The van der Waals surface area contributed by atoms with Crippen molar-refractivity contribution >= 4 is 18.3 Å². The molecule has 1 fully saturated rings. The molecule has 1 atom stereocenters. The van der Waals surface area contributed by atoms with Crippen LogP contribution in [0.4, 0.5) is 4.39 Å². The summed E-state index contributed by atoms with van der Waals surface area (Å²) in [6.45, 7) is 4.71. The molecule has 0 radical (unpaired) electrons. The third-order valence-corrected chi connectivity index (χ3v) is 3.37. The Morgan fingerprint density at radius 3 is 3.05 bits per heavy atom. The van der Waals surface area contributed by atoms with E-state index in [2.05, 4.69) is 5.32 Å². The van der Waals surface area contributed by atoms with E-state index in [1.807, 2.05) is 13.0 Å². The third kappa shape index (κ3) is 4.95. The summed E-state index contributed by atoms with van der Waals surface area (Å²) >= 11 is 0. The maximum Gasteiger partial charge on any atom is 0.249 e. The van der Waals surface area contributed by atoms with Gasteiger partial charge in [0.2, 0.25) is 5.91 Å². The van der Waals surface area contributed by atoms with E-state index >= 15 is 0 Å². The first-order chi connectivity index (χ1) is 9.72. The van der Waals surface area contributed by atoms with Crippen LogP contribution in [0.2, 0.25) is 0 Å². The lowest BCUT2D eigenvalue weighted by atomic mass is 10.0. The predicted molar refractivity (Wildman–Crippen MR) is 82.1 cm³/mol. The van der Waals surface area contributed by atoms with Crippen LogP contribution in [0.1, 0.15) is 24.9 Å². The van der Waals surface area contributed by atoms with Crippen molar-refractivity contribution in [2.24, 2.45) is 0 Å². The molecule has 0 saturated carbocycles. The highest BCUT2D eigenvalue weighted by atomic mass is 35.5. The molecule has 1 aliphatic heterocycles. The average molecular weight is 317 g/mol. The first-order valence-corrected chi connectivity index (χ1v) is 7.05. The number of hydrogen-bond donors (Lipinski definition) is 1. The second-order valence-electron chi connectivity index (χ2n) is 4.91. The quantitative estimate of drug-likeness (QED) is 0.846. The van der Waals surface area contributed by atoms with Crippen molar-refractivity contribution in [2.45, 2.75) is 19.4 Å². The number of halogens is 2. The standard InChI is InChI=1S/C15H21FN2O2.ClH/c1-2-8-20-11-15(19)18-7-6-17-10-14(18)12-4-3-5-13(16)9-12;/h3-5,9,14,17H,2,6-8,10-11H2,1H3;1H. The van der Waals surface area contributed by atoms with Gasteiger partial charge in [-0.3, -0.25) is 4.79 Å². The molecular formula is C15H22ClFN2O2. The Bertz CT molecular complexity index is 459. The van der Waals surface area contributed by atoms with Crippen molar-refractivity contribution in [1.82, 2.24) is 10.2 Å². The number of nitrogens with one attached hydrogen (secondary N) is 1. The van der Waals surface area contributed by atoms with E-state index in [1.165, 1.54) is 12.1 Å². The average Bonchev–Trinajstić information content (AvgIpc) is 2.47. The Hall–Kier alpha value is -1.17. The number of ether oxygens (including phenoxy) is 1. The number of hydrogen-bond acceptors (Lipinski definition) is 3. The monoisotopic (exact) mass is 316 g/mol. The largest absolute Gasteiger partial charge is 0.372 e. The van der Waals surface area contributed by atoms with E-state index in [0.717, 1.165) is 18.5 Å². The number of carbonyl (C=O) groups is 1. The lowest BCUT2D eigenvalue weighted by Crippen LogP contribution is -2.49. The van der Waals surface area contributed by atoms with Crippen LogP contribution in [0, 0.1) is 5.82 Å². The van der Waals surface area contributed by atoms with Gasteiger partial charge in [0.1, 0.15) is 12.4 Å². The third-order valence-electron chi connectivity index (χ3n) is 3.37. The molecule has 1 amide bonds. The van der Waals surface area contributed by atoms with Gasteiger partial charge in [-0.1, -0.05) is 19.1 Å². The van der Waals surface area contributed by atoms with Crippen LogP contribution in [-0.2, 0) is 9.53 Å². The van der Waals surface area contributed by atoms with E-state index in [-0.39, 0.29) is 36.8 Å². The summed E-state index contributed by atoms with van der Waals surface area (Å²) in [5.41, 5.74) is 0.820. The highest BCUT2D eigenvalue weighted by Crippen LogP contribution is 2.23. The minimum atomic E-state index is -0.275. The van der Waals surface area contributed by atoms with E-state index in [9.17, 15) is 9.18 Å². The van der Waals surface area contributed by atoms with Crippen LogP contribution in [-0.4, -0.2) is 43.7 Å². The van der Waals surface area contributed by atoms with Gasteiger partial charge in [-0.2, -0.15) is 0 Å². The van der Waals surface area contributed by atoms with E-state index in [0.29, 0.717) is 19.7 Å². The van der Waals surface area contributed by atoms with Gasteiger partial charge in [-0.05, 0) is 24.1 Å². The van der Waals surface area contributed by atoms with Crippen molar-refractivity contribution < 1.29 is 13.9 Å². The Balaban J connectivity index is 0.00000220. The Morgan fingerprint density at radius 2 is 2.33 bits per heavy atom. The maximum atomic E-state index is 13.4. The van der Waals surface area contributed by atoms with Gasteiger partial charge in [0.25, 0.3) is 0 Å². The normalized spacial score (nSPS) is 18.2. The Kier molecular flexibility index (Phi) is 7.64. The van der Waals surface area contributed by atoms with E-state index in [1.54, 1.807) is 11.0 Å². The molecule has 0 bridgehead atoms. The first-order valence-electron chi connectivity index (χ1n) is 7.05. The van der Waals surface area contributed by atoms with Gasteiger partial charge in [-0.25, -0.2) is 4.39 Å². The summed E-state index contributed by atoms with van der Waals surface area (Å²) in [6.07, 6.45) is 0.891. The number of benzene rings is 1. The number of amides is 1. The number of piperazine rings is 1. The van der Waals surface area contributed by atoms with Crippen LogP contribution < -0.4 is 5.32 Å². The molecule has 1 aromatic carbocycles. The molecular weight excluding hydrogens is 295 g/mol. The number of carbonyl (C=O) groups excluding carboxylic acids is 1. The minimum Gasteiger partial charge on any atom is -0.372 e. The second-order valence-corrected chi connectivity index (χ2v) is 4.91. The smallest absolute Gasteiger partial charge is 0.249 e. The zero-order valence-electron chi connectivity index (χ0n) is 12.2. The summed E-state index contributed by atoms with van der Waals surface area (Å²) in [5.74, 6) is -0.308. The van der Waals surface area contributed by atoms with Gasteiger partial charge in [0.15, 0.2) is 0 Å². The topological polar surface area (TPSA) is 41.6 Å². The van der Waals surface area contributed by atoms with Crippen LogP contribution in [0.25, 0.3) is 0 Å². The van der Waals surface area contributed by atoms with Crippen molar-refractivity contribution in [3.63, 3.8) is 0 Å². The van der Waals surface area contributed by atoms with Gasteiger partial charge in [0.05, 0.1) is 6.04 Å². The summed E-state index contributed by atoms with van der Waals surface area (Å²) < 4.78 is 18.7. The van der Waals surface area contributed by atoms with Gasteiger partial charge < -0.3 is 15.0 Å². The molecule has 1 N–H and O–H groups in total. The summed E-state index contributed by atoms with van der Waals surface area (Å²) in [5, 5.41) is 3.25. The molecule has 1 aromatic rings. The molecule has 21 heavy (non-hydrogen) atoms. The first kappa shape index (κ1) is 17.9. The summed E-state index contributed by atoms with van der Waals surface area (Å²) in [4.78, 5) is 14.0. The molecule has 0 aliphatic carbocycles. The zero-order valence-corrected chi connectivity index (χ0v) is 13.0. The SMILES string of the molecule is CCCOCC(=O)N1CCNCC1c1cccc(F)c1.Cl. The lowest BCUT2D eigenvalue weighted by Gasteiger charge is -2.36. The molecule has 2 rings (SSSR count). The van der Waals surface area contributed by atoms with Crippen molar-refractivity contribution in [2.75, 3.05) is 32.8 Å². The molecule has 1 heterocycles. The minimum absolute atomic E-state index is 0. The maximum absolute atomic E-state index is 13.4. The van der Waals surface area contributed by atoms with E-state index in [4.69, 9.17) is 4.74 Å². The molecule has 1 saturated heterocycles. The van der Waals surface area contributed by atoms with E-state index < -0.39 is 0 Å². The molecule has 4 nitrogen and oxygen atoms in total. The summed E-state index contributed by atoms with van der Waals surface area (Å²) in [6, 6.07) is 6.31. The van der Waals surface area contributed by atoms with Gasteiger partial charge in [-0.15, -0.1) is 12.4 Å². The van der Waals surface area contributed by atoms with Crippen LogP contribution in [0.5, 0.6) is 0 Å². The fourth-order valence-electron chi connectivity index (χ4n) is 2.40. The fourth-order valence-corrected chi connectivity index (χ4v) is 2.40. The van der Waals surface area contributed by atoms with Crippen molar-refractivity contribution in [3.05, 3.63) is 35.6 Å². The molecule has 118 valence electrons. The van der Waals surface area contributed by atoms with Crippen LogP contribution in [0.15, 0.2) is 24.3 Å². The number of nitrogens with zero attached hydrogens (tertiary/aromatic N) is 1. The lowest BCUT2D eigenvalue weighted by molar-refractivity contribution is -0.139. The molecule has 0 spiro atoms. The molecule has 0 aromatic heterocycles. The highest BCUT2D eigenvalue weighted by Gasteiger charge is 2.27. The van der Waals surface area contributed by atoms with Crippen LogP contribution >= 0.6 is 12.4 Å². The van der Waals surface area contributed by atoms with Crippen molar-refractivity contribution in [1.29, 1.82) is 0 Å². The molecule has 6 heteroatoms. The second kappa shape index (κ2) is 8.97. The highest BCUT2D eigenvalue weighted by molar-refractivity contribution is 5.85. The zero-order chi connectivity index (χ0) is 14.4. The molecule has 1 aliphatic rings. The molecule has 1 unspecified atom stereocenters. The predicted octanol–water partition coefficient (Wildman–Crippen LogP) is 2.15. The van der Waals surface area contributed by atoms with Gasteiger partial charge >= 0.3 is 0 Å². The Morgan fingerprint density at radius 1 is 1.52 bits per heavy atom. The van der Waals surface area contributed by atoms with Crippen molar-refractivity contribution in [3.8, 4) is 0 Å². The fraction of sp³-hybridized carbons (Fsp3) is 0.533. The Labute approximate surface area is 131 Å². The number of rotatable bonds is 5. The van der Waals surface area contributed by atoms with Gasteiger partial charge in [0, 0.05) is 26.2 Å². The summed E-state index contributed by atoms with van der Waals surface area (Å²) in [7, 11) is 0.